The van der Waals surface area contributed by atoms with E-state index in [1.807, 2.05) is 45.0 Å². The van der Waals surface area contributed by atoms with Crippen LogP contribution < -0.4 is 4.74 Å². The molecule has 0 aliphatic heterocycles. The number of hydrogen-bond donors (Lipinski definition) is 0. The summed E-state index contributed by atoms with van der Waals surface area (Å²) in [7, 11) is 0. The van der Waals surface area contributed by atoms with E-state index in [4.69, 9.17) is 9.47 Å². The Morgan fingerprint density at radius 3 is 2.72 bits per heavy atom. The van der Waals surface area contributed by atoms with E-state index in [1.54, 1.807) is 6.08 Å². The predicted molar refractivity (Wildman–Crippen MR) is 72.5 cm³/mol. The van der Waals surface area contributed by atoms with Crippen molar-refractivity contribution in [1.29, 1.82) is 0 Å². The van der Waals surface area contributed by atoms with Crippen LogP contribution in [0.4, 0.5) is 0 Å². The van der Waals surface area contributed by atoms with Crippen molar-refractivity contribution in [2.45, 2.75) is 32.8 Å². The Morgan fingerprint density at radius 1 is 1.39 bits per heavy atom. The SMILES string of the molecule is C=Cc1cccc(OCCC(=O)OC(C)(C)C)c1. The molecule has 0 aliphatic carbocycles. The van der Waals surface area contributed by atoms with Gasteiger partial charge in [0, 0.05) is 0 Å². The van der Waals surface area contributed by atoms with Crippen molar-refractivity contribution in [2.24, 2.45) is 0 Å². The van der Waals surface area contributed by atoms with E-state index in [1.165, 1.54) is 0 Å². The Bertz CT molecular complexity index is 416. The van der Waals surface area contributed by atoms with Crippen molar-refractivity contribution in [1.82, 2.24) is 0 Å². The van der Waals surface area contributed by atoms with Crippen LogP contribution in [0, 0.1) is 0 Å². The molecular formula is C15H20O3. The van der Waals surface area contributed by atoms with Crippen LogP contribution in [0.5, 0.6) is 5.75 Å². The molecule has 0 heterocycles. The average Bonchev–Trinajstić information content (AvgIpc) is 2.27. The fraction of sp³-hybridized carbons (Fsp3) is 0.400. The Kier molecular flexibility index (Phi) is 4.95. The lowest BCUT2D eigenvalue weighted by molar-refractivity contribution is -0.155. The Morgan fingerprint density at radius 2 is 2.11 bits per heavy atom. The number of carbonyl (C=O) groups is 1. The highest BCUT2D eigenvalue weighted by molar-refractivity contribution is 5.70. The van der Waals surface area contributed by atoms with E-state index in [0.29, 0.717) is 6.61 Å². The summed E-state index contributed by atoms with van der Waals surface area (Å²) in [6.45, 7) is 9.55. The zero-order chi connectivity index (χ0) is 13.6. The highest BCUT2D eigenvalue weighted by atomic mass is 16.6. The van der Waals surface area contributed by atoms with Gasteiger partial charge in [0.1, 0.15) is 11.4 Å². The van der Waals surface area contributed by atoms with Gasteiger partial charge >= 0.3 is 5.97 Å². The first kappa shape index (κ1) is 14.3. The number of ether oxygens (including phenoxy) is 2. The molecule has 0 fully saturated rings. The number of benzene rings is 1. The average molecular weight is 248 g/mol. The summed E-state index contributed by atoms with van der Waals surface area (Å²) in [5, 5.41) is 0. The van der Waals surface area contributed by atoms with Crippen molar-refractivity contribution in [2.75, 3.05) is 6.61 Å². The maximum absolute atomic E-state index is 11.5. The molecule has 0 unspecified atom stereocenters. The topological polar surface area (TPSA) is 35.5 Å². The highest BCUT2D eigenvalue weighted by Gasteiger charge is 2.15. The molecule has 1 rings (SSSR count). The molecule has 18 heavy (non-hydrogen) atoms. The molecular weight excluding hydrogens is 228 g/mol. The standard InChI is InChI=1S/C15H20O3/c1-5-12-7-6-8-13(11-12)17-10-9-14(16)18-15(2,3)4/h5-8,11H,1,9-10H2,2-4H3. The molecule has 98 valence electrons. The summed E-state index contributed by atoms with van der Waals surface area (Å²) < 4.78 is 10.7. The smallest absolute Gasteiger partial charge is 0.309 e. The first-order chi connectivity index (χ1) is 8.40. The summed E-state index contributed by atoms with van der Waals surface area (Å²) in [6.07, 6.45) is 2.00. The monoisotopic (exact) mass is 248 g/mol. The molecule has 0 atom stereocenters. The Hall–Kier alpha value is -1.77. The molecule has 1 aromatic carbocycles. The van der Waals surface area contributed by atoms with Crippen molar-refractivity contribution in [3.63, 3.8) is 0 Å². The van der Waals surface area contributed by atoms with Gasteiger partial charge in [-0.25, -0.2) is 0 Å². The molecule has 3 heteroatoms. The van der Waals surface area contributed by atoms with Crippen LogP contribution in [0.15, 0.2) is 30.8 Å². The second-order valence-electron chi connectivity index (χ2n) is 4.96. The maximum Gasteiger partial charge on any atom is 0.309 e. The molecule has 0 spiro atoms. The first-order valence-electron chi connectivity index (χ1n) is 5.98. The minimum Gasteiger partial charge on any atom is -0.493 e. The minimum atomic E-state index is -0.445. The van der Waals surface area contributed by atoms with Crippen molar-refractivity contribution < 1.29 is 14.3 Å². The molecule has 0 saturated heterocycles. The highest BCUT2D eigenvalue weighted by Crippen LogP contribution is 2.14. The second-order valence-corrected chi connectivity index (χ2v) is 4.96. The molecule has 0 bridgehead atoms. The fourth-order valence-electron chi connectivity index (χ4n) is 1.38. The summed E-state index contributed by atoms with van der Waals surface area (Å²) in [5.74, 6) is 0.485. The van der Waals surface area contributed by atoms with Gasteiger partial charge in [0.2, 0.25) is 0 Å². The first-order valence-corrected chi connectivity index (χ1v) is 5.98. The van der Waals surface area contributed by atoms with Gasteiger partial charge in [0.05, 0.1) is 13.0 Å². The third-order valence-electron chi connectivity index (χ3n) is 2.09. The summed E-state index contributed by atoms with van der Waals surface area (Å²) in [6, 6.07) is 7.55. The lowest BCUT2D eigenvalue weighted by atomic mass is 10.2. The van der Waals surface area contributed by atoms with Crippen LogP contribution in [0.25, 0.3) is 6.08 Å². The Labute approximate surface area is 108 Å². The van der Waals surface area contributed by atoms with Crippen LogP contribution in [0.3, 0.4) is 0 Å². The zero-order valence-corrected chi connectivity index (χ0v) is 11.2. The van der Waals surface area contributed by atoms with Crippen LogP contribution in [-0.2, 0) is 9.53 Å². The molecule has 0 amide bonds. The number of carbonyl (C=O) groups excluding carboxylic acids is 1. The van der Waals surface area contributed by atoms with E-state index >= 15 is 0 Å². The van der Waals surface area contributed by atoms with E-state index < -0.39 is 5.60 Å². The third-order valence-corrected chi connectivity index (χ3v) is 2.09. The maximum atomic E-state index is 11.5. The van der Waals surface area contributed by atoms with Crippen molar-refractivity contribution in [3.8, 4) is 5.75 Å². The minimum absolute atomic E-state index is 0.246. The van der Waals surface area contributed by atoms with E-state index in [0.717, 1.165) is 11.3 Å². The fourth-order valence-corrected chi connectivity index (χ4v) is 1.38. The van der Waals surface area contributed by atoms with Crippen LogP contribution in [0.1, 0.15) is 32.8 Å². The van der Waals surface area contributed by atoms with Crippen LogP contribution in [-0.4, -0.2) is 18.2 Å². The van der Waals surface area contributed by atoms with Crippen LogP contribution >= 0.6 is 0 Å². The Balaban J connectivity index is 2.37. The van der Waals surface area contributed by atoms with Gasteiger partial charge in [-0.15, -0.1) is 0 Å². The van der Waals surface area contributed by atoms with Crippen molar-refractivity contribution in [3.05, 3.63) is 36.4 Å². The number of hydrogen-bond acceptors (Lipinski definition) is 3. The van der Waals surface area contributed by atoms with E-state index in [9.17, 15) is 4.79 Å². The third kappa shape index (κ3) is 5.53. The van der Waals surface area contributed by atoms with Gasteiger partial charge in [-0.05, 0) is 38.5 Å². The molecule has 0 aliphatic rings. The molecule has 0 aromatic heterocycles. The molecule has 0 N–H and O–H groups in total. The largest absolute Gasteiger partial charge is 0.493 e. The van der Waals surface area contributed by atoms with Gasteiger partial charge in [-0.2, -0.15) is 0 Å². The molecule has 0 saturated carbocycles. The second kappa shape index (κ2) is 6.24. The van der Waals surface area contributed by atoms with E-state index in [2.05, 4.69) is 6.58 Å². The van der Waals surface area contributed by atoms with Gasteiger partial charge in [0.15, 0.2) is 0 Å². The molecule has 0 radical (unpaired) electrons. The van der Waals surface area contributed by atoms with Gasteiger partial charge in [0.25, 0.3) is 0 Å². The van der Waals surface area contributed by atoms with Gasteiger partial charge < -0.3 is 9.47 Å². The zero-order valence-electron chi connectivity index (χ0n) is 11.2. The van der Waals surface area contributed by atoms with Gasteiger partial charge in [-0.3, -0.25) is 4.79 Å². The predicted octanol–water partition coefficient (Wildman–Crippen LogP) is 3.44. The quantitative estimate of drug-likeness (QED) is 0.749. The number of esters is 1. The number of rotatable bonds is 5. The van der Waals surface area contributed by atoms with E-state index in [-0.39, 0.29) is 12.4 Å². The molecule has 1 aromatic rings. The lowest BCUT2D eigenvalue weighted by Crippen LogP contribution is -2.24. The van der Waals surface area contributed by atoms with Gasteiger partial charge in [-0.1, -0.05) is 24.8 Å². The summed E-state index contributed by atoms with van der Waals surface area (Å²) in [4.78, 5) is 11.5. The molecule has 3 nitrogen and oxygen atoms in total. The summed E-state index contributed by atoms with van der Waals surface area (Å²) in [5.41, 5.74) is 0.546. The lowest BCUT2D eigenvalue weighted by Gasteiger charge is -2.19. The normalized spacial score (nSPS) is 10.8. The summed E-state index contributed by atoms with van der Waals surface area (Å²) >= 11 is 0. The van der Waals surface area contributed by atoms with Crippen molar-refractivity contribution >= 4 is 12.0 Å². The van der Waals surface area contributed by atoms with Crippen LogP contribution in [0.2, 0.25) is 0 Å².